The maximum atomic E-state index is 13.5. The van der Waals surface area contributed by atoms with Crippen molar-refractivity contribution >= 4 is 23.8 Å². The fourth-order valence-corrected chi connectivity index (χ4v) is 5.14. The van der Waals surface area contributed by atoms with E-state index in [1.807, 2.05) is 20.8 Å². The third-order valence-corrected chi connectivity index (χ3v) is 6.59. The van der Waals surface area contributed by atoms with Gasteiger partial charge in [0.05, 0.1) is 23.7 Å². The molecule has 0 aromatic carbocycles. The Hall–Kier alpha value is -2.12. The maximum Gasteiger partial charge on any atom is 0.310 e. The Morgan fingerprint density at radius 2 is 1.53 bits per heavy atom. The van der Waals surface area contributed by atoms with Crippen molar-refractivity contribution in [1.82, 2.24) is 5.32 Å². The molecule has 0 heterocycles. The molecule has 34 heavy (non-hydrogen) atoms. The maximum absolute atomic E-state index is 13.5. The highest BCUT2D eigenvalue weighted by atomic mass is 16.6. The second kappa shape index (κ2) is 11.1. The first-order valence-corrected chi connectivity index (χ1v) is 12.6. The normalized spacial score (nSPS) is 23.6. The monoisotopic (exact) mass is 481 g/mol. The number of carbonyl (C=O) groups excluding carboxylic acids is 3. The van der Waals surface area contributed by atoms with E-state index >= 15 is 0 Å². The van der Waals surface area contributed by atoms with Gasteiger partial charge in [0.25, 0.3) is 0 Å². The van der Waals surface area contributed by atoms with Crippen molar-refractivity contribution in [2.75, 3.05) is 0 Å². The first kappa shape index (κ1) is 28.1. The average molecular weight is 482 g/mol. The lowest BCUT2D eigenvalue weighted by atomic mass is 9.75. The number of nitrogens with one attached hydrogen (secondary N) is 1. The van der Waals surface area contributed by atoms with Crippen LogP contribution in [0.4, 0.5) is 0 Å². The van der Waals surface area contributed by atoms with Crippen LogP contribution in [0.25, 0.3) is 0 Å². The Kier molecular flexibility index (Phi) is 9.16. The van der Waals surface area contributed by atoms with E-state index < -0.39 is 34.5 Å². The SMILES string of the molecule is CC(C)(C)OC(=O)C1CCCC(NC(=O)C2(CC(CC(=O)O)C(=O)OC(C)(C)C)CCCC2)C1. The number of ether oxygens (including phenoxy) is 2. The van der Waals surface area contributed by atoms with Gasteiger partial charge in [-0.05, 0) is 80.1 Å². The molecule has 2 saturated carbocycles. The zero-order valence-corrected chi connectivity index (χ0v) is 21.7. The van der Waals surface area contributed by atoms with Crippen LogP contribution in [-0.2, 0) is 28.7 Å². The Morgan fingerprint density at radius 3 is 2.06 bits per heavy atom. The van der Waals surface area contributed by atoms with E-state index in [-0.39, 0.29) is 36.7 Å². The van der Waals surface area contributed by atoms with Crippen molar-refractivity contribution < 1.29 is 33.8 Å². The van der Waals surface area contributed by atoms with E-state index in [0.29, 0.717) is 19.3 Å². The van der Waals surface area contributed by atoms with Crippen LogP contribution in [0, 0.1) is 17.3 Å². The Balaban J connectivity index is 2.11. The van der Waals surface area contributed by atoms with Crippen molar-refractivity contribution in [2.45, 2.75) is 123 Å². The predicted octanol–water partition coefficient (Wildman–Crippen LogP) is 4.39. The minimum absolute atomic E-state index is 0.140. The molecule has 0 spiro atoms. The molecule has 0 aromatic rings. The molecule has 194 valence electrons. The third kappa shape index (κ3) is 8.58. The van der Waals surface area contributed by atoms with E-state index in [1.165, 1.54) is 0 Å². The second-order valence-electron chi connectivity index (χ2n) is 12.1. The highest BCUT2D eigenvalue weighted by Crippen LogP contribution is 2.45. The molecule has 8 heteroatoms. The summed E-state index contributed by atoms with van der Waals surface area (Å²) in [6.45, 7) is 10.7. The van der Waals surface area contributed by atoms with Crippen LogP contribution in [0.5, 0.6) is 0 Å². The highest BCUT2D eigenvalue weighted by Gasteiger charge is 2.46. The summed E-state index contributed by atoms with van der Waals surface area (Å²) in [6.07, 6.45) is 5.59. The summed E-state index contributed by atoms with van der Waals surface area (Å²) in [5.41, 5.74) is -2.09. The summed E-state index contributed by atoms with van der Waals surface area (Å²) in [6, 6.07) is -0.143. The Morgan fingerprint density at radius 1 is 0.941 bits per heavy atom. The van der Waals surface area contributed by atoms with E-state index in [4.69, 9.17) is 9.47 Å². The smallest absolute Gasteiger partial charge is 0.310 e. The van der Waals surface area contributed by atoms with Gasteiger partial charge in [-0.15, -0.1) is 0 Å². The van der Waals surface area contributed by atoms with Crippen LogP contribution in [-0.4, -0.2) is 46.2 Å². The number of rotatable bonds is 8. The lowest BCUT2D eigenvalue weighted by molar-refractivity contribution is -0.165. The molecule has 2 aliphatic rings. The lowest BCUT2D eigenvalue weighted by Crippen LogP contribution is -2.48. The molecule has 8 nitrogen and oxygen atoms in total. The van der Waals surface area contributed by atoms with Crippen molar-refractivity contribution in [3.63, 3.8) is 0 Å². The van der Waals surface area contributed by atoms with Crippen LogP contribution < -0.4 is 5.32 Å². The van der Waals surface area contributed by atoms with Gasteiger partial charge in [-0.1, -0.05) is 19.3 Å². The molecule has 0 aromatic heterocycles. The lowest BCUT2D eigenvalue weighted by Gasteiger charge is -2.36. The summed E-state index contributed by atoms with van der Waals surface area (Å²) in [5, 5.41) is 12.5. The van der Waals surface area contributed by atoms with E-state index in [1.54, 1.807) is 20.8 Å². The van der Waals surface area contributed by atoms with E-state index in [0.717, 1.165) is 32.1 Å². The van der Waals surface area contributed by atoms with E-state index in [2.05, 4.69) is 5.32 Å². The Bertz CT molecular complexity index is 756. The van der Waals surface area contributed by atoms with Crippen molar-refractivity contribution in [1.29, 1.82) is 0 Å². The average Bonchev–Trinajstić information content (AvgIpc) is 3.14. The van der Waals surface area contributed by atoms with Crippen LogP contribution in [0.15, 0.2) is 0 Å². The van der Waals surface area contributed by atoms with Crippen molar-refractivity contribution in [3.8, 4) is 0 Å². The summed E-state index contributed by atoms with van der Waals surface area (Å²) in [5.74, 6) is -3.17. The van der Waals surface area contributed by atoms with Gasteiger partial charge < -0.3 is 19.9 Å². The molecule has 1 amide bonds. The molecule has 2 fully saturated rings. The zero-order chi connectivity index (χ0) is 25.7. The van der Waals surface area contributed by atoms with Crippen molar-refractivity contribution in [3.05, 3.63) is 0 Å². The zero-order valence-electron chi connectivity index (χ0n) is 21.7. The van der Waals surface area contributed by atoms with Gasteiger partial charge in [-0.3, -0.25) is 19.2 Å². The molecule has 0 aliphatic heterocycles. The van der Waals surface area contributed by atoms with Gasteiger partial charge >= 0.3 is 17.9 Å². The van der Waals surface area contributed by atoms with Gasteiger partial charge in [0.15, 0.2) is 0 Å². The van der Waals surface area contributed by atoms with Crippen molar-refractivity contribution in [2.24, 2.45) is 17.3 Å². The molecule has 2 aliphatic carbocycles. The number of hydrogen-bond acceptors (Lipinski definition) is 6. The van der Waals surface area contributed by atoms with Crippen LogP contribution in [0.1, 0.15) is 106 Å². The molecule has 3 unspecified atom stereocenters. The van der Waals surface area contributed by atoms with E-state index in [9.17, 15) is 24.3 Å². The molecule has 2 N–H and O–H groups in total. The summed E-state index contributed by atoms with van der Waals surface area (Å²) < 4.78 is 11.0. The quantitative estimate of drug-likeness (QED) is 0.494. The van der Waals surface area contributed by atoms with Gasteiger partial charge in [0.1, 0.15) is 11.2 Å². The van der Waals surface area contributed by atoms with Gasteiger partial charge in [-0.2, -0.15) is 0 Å². The van der Waals surface area contributed by atoms with Crippen LogP contribution >= 0.6 is 0 Å². The fourth-order valence-electron chi connectivity index (χ4n) is 5.14. The largest absolute Gasteiger partial charge is 0.481 e. The number of carboxylic acid groups (broad SMARTS) is 1. The Labute approximate surface area is 203 Å². The molecule has 2 rings (SSSR count). The van der Waals surface area contributed by atoms with Gasteiger partial charge in [0.2, 0.25) is 5.91 Å². The number of esters is 2. The number of hydrogen-bond donors (Lipinski definition) is 2. The highest BCUT2D eigenvalue weighted by molar-refractivity contribution is 5.85. The van der Waals surface area contributed by atoms with Crippen LogP contribution in [0.3, 0.4) is 0 Å². The summed E-state index contributed by atoms with van der Waals surface area (Å²) >= 11 is 0. The topological polar surface area (TPSA) is 119 Å². The van der Waals surface area contributed by atoms with Crippen LogP contribution in [0.2, 0.25) is 0 Å². The fraction of sp³-hybridized carbons (Fsp3) is 0.846. The number of carboxylic acids is 1. The minimum atomic E-state index is -1.09. The summed E-state index contributed by atoms with van der Waals surface area (Å²) in [7, 11) is 0. The number of aliphatic carboxylic acids is 1. The molecular weight excluding hydrogens is 438 g/mol. The third-order valence-electron chi connectivity index (χ3n) is 6.59. The van der Waals surface area contributed by atoms with Gasteiger partial charge in [0, 0.05) is 6.04 Å². The summed E-state index contributed by atoms with van der Waals surface area (Å²) in [4.78, 5) is 50.4. The first-order valence-electron chi connectivity index (χ1n) is 12.6. The standard InChI is InChI=1S/C26H43NO7/c1-24(2,3)33-21(30)17-10-9-11-19(14-17)27-23(32)26(12-7-8-13-26)16-18(15-20(28)29)22(31)34-25(4,5)6/h17-19H,7-16H2,1-6H3,(H,27,32)(H,28,29). The molecule has 0 radical (unpaired) electrons. The molecule has 0 bridgehead atoms. The first-order chi connectivity index (χ1) is 15.6. The number of carbonyl (C=O) groups is 4. The minimum Gasteiger partial charge on any atom is -0.481 e. The predicted molar refractivity (Wildman–Crippen MR) is 127 cm³/mol. The number of amides is 1. The molecule has 0 saturated heterocycles. The molecule has 3 atom stereocenters. The second-order valence-corrected chi connectivity index (χ2v) is 12.1. The molecular formula is C26H43NO7. The van der Waals surface area contributed by atoms with Gasteiger partial charge in [-0.25, -0.2) is 0 Å².